The van der Waals surface area contributed by atoms with E-state index < -0.39 is 5.76 Å². The van der Waals surface area contributed by atoms with Crippen LogP contribution in [0.5, 0.6) is 0 Å². The number of nitrogens with zero attached hydrogens (tertiary/aromatic N) is 4. The maximum Gasteiger partial charge on any atom is 0.419 e. The van der Waals surface area contributed by atoms with Gasteiger partial charge in [0.1, 0.15) is 17.8 Å². The predicted octanol–water partition coefficient (Wildman–Crippen LogP) is 3.34. The third-order valence-corrected chi connectivity index (χ3v) is 7.54. The second-order valence-corrected chi connectivity index (χ2v) is 9.70. The molecule has 1 saturated heterocycles. The third-order valence-electron chi connectivity index (χ3n) is 7.54. The van der Waals surface area contributed by atoms with E-state index in [1.54, 1.807) is 25.2 Å². The van der Waals surface area contributed by atoms with Gasteiger partial charge in [-0.1, -0.05) is 18.2 Å². The van der Waals surface area contributed by atoms with Gasteiger partial charge in [-0.3, -0.25) is 14.2 Å². The second-order valence-electron chi connectivity index (χ2n) is 9.70. The molecule has 0 atom stereocenters. The molecule has 1 fully saturated rings. The highest BCUT2D eigenvalue weighted by Gasteiger charge is 2.42. The maximum absolute atomic E-state index is 13.3. The van der Waals surface area contributed by atoms with Gasteiger partial charge in [-0.15, -0.1) is 0 Å². The summed E-state index contributed by atoms with van der Waals surface area (Å²) in [6.45, 7) is 3.27. The summed E-state index contributed by atoms with van der Waals surface area (Å²) in [4.78, 5) is 48.5. The van der Waals surface area contributed by atoms with Crippen molar-refractivity contribution in [2.45, 2.75) is 31.6 Å². The summed E-state index contributed by atoms with van der Waals surface area (Å²) < 4.78 is 6.73. The van der Waals surface area contributed by atoms with Gasteiger partial charge in [-0.25, -0.2) is 14.8 Å². The number of anilines is 2. The lowest BCUT2D eigenvalue weighted by atomic mass is 9.68. The molecule has 4 heterocycles. The van der Waals surface area contributed by atoms with Crippen LogP contribution in [-0.2, 0) is 17.3 Å². The first-order chi connectivity index (χ1) is 17.3. The average Bonchev–Trinajstić information content (AvgIpc) is 3.17. The third kappa shape index (κ3) is 3.50. The number of aromatic nitrogens is 3. The molecule has 0 bridgehead atoms. The van der Waals surface area contributed by atoms with Crippen LogP contribution in [0.15, 0.2) is 58.0 Å². The Balaban J connectivity index is 1.26. The number of fused-ring (bicyclic) bond motifs is 3. The van der Waals surface area contributed by atoms with Gasteiger partial charge in [0.15, 0.2) is 5.58 Å². The van der Waals surface area contributed by atoms with Gasteiger partial charge in [0, 0.05) is 49.3 Å². The Morgan fingerprint density at radius 3 is 2.67 bits per heavy atom. The topological polar surface area (TPSA) is 110 Å². The summed E-state index contributed by atoms with van der Waals surface area (Å²) in [5.74, 6) is 0.00356. The fourth-order valence-corrected chi connectivity index (χ4v) is 5.69. The highest BCUT2D eigenvalue weighted by atomic mass is 16.4. The summed E-state index contributed by atoms with van der Waals surface area (Å²) in [6, 6.07) is 13.1. The number of nitrogens with one attached hydrogen (secondary N) is 1. The van der Waals surface area contributed by atoms with Crippen LogP contribution in [0.1, 0.15) is 46.4 Å². The second kappa shape index (κ2) is 8.15. The number of hydrogen-bond donors (Lipinski definition) is 1. The van der Waals surface area contributed by atoms with Gasteiger partial charge in [0.2, 0.25) is 11.7 Å². The molecule has 1 N–H and O–H groups in total. The highest BCUT2D eigenvalue weighted by Crippen LogP contribution is 2.45. The Hall–Kier alpha value is -4.27. The van der Waals surface area contributed by atoms with Crippen molar-refractivity contribution in [3.63, 3.8) is 0 Å². The molecule has 0 aliphatic carbocycles. The maximum atomic E-state index is 13.3. The van der Waals surface area contributed by atoms with Crippen molar-refractivity contribution < 1.29 is 14.0 Å². The number of carbonyl (C=O) groups excluding carboxylic acids is 2. The SMILES string of the molecule is Cc1cc(C(=O)c2cc(N3CCC4(CC3)CC(=O)Nc3ccccc34)ncn2)cc2oc(=O)n(C)c12. The smallest absolute Gasteiger partial charge is 0.408 e. The van der Waals surface area contributed by atoms with Crippen molar-refractivity contribution in [1.82, 2.24) is 14.5 Å². The number of piperidine rings is 1. The molecule has 1 spiro atoms. The normalized spacial score (nSPS) is 16.7. The number of oxazole rings is 1. The van der Waals surface area contributed by atoms with Gasteiger partial charge in [0.05, 0.1) is 5.52 Å². The molecule has 2 aromatic heterocycles. The molecule has 4 aromatic rings. The van der Waals surface area contributed by atoms with E-state index in [1.807, 2.05) is 25.1 Å². The zero-order valence-electron chi connectivity index (χ0n) is 20.1. The van der Waals surface area contributed by atoms with Crippen LogP contribution >= 0.6 is 0 Å². The molecule has 2 aliphatic heterocycles. The number of ketones is 1. The number of benzene rings is 2. The lowest BCUT2D eigenvalue weighted by molar-refractivity contribution is -0.118. The Morgan fingerprint density at radius 1 is 1.08 bits per heavy atom. The number of amides is 1. The number of rotatable bonds is 3. The van der Waals surface area contributed by atoms with E-state index in [9.17, 15) is 14.4 Å². The molecule has 2 aliphatic rings. The zero-order chi connectivity index (χ0) is 25.0. The molecule has 9 heteroatoms. The van der Waals surface area contributed by atoms with Crippen LogP contribution in [-0.4, -0.2) is 39.3 Å². The Kier molecular flexibility index (Phi) is 5.03. The molecule has 1 amide bonds. The molecule has 0 radical (unpaired) electrons. The van der Waals surface area contributed by atoms with E-state index in [0.717, 1.165) is 24.1 Å². The summed E-state index contributed by atoms with van der Waals surface area (Å²) in [5.41, 5.74) is 4.41. The van der Waals surface area contributed by atoms with Crippen molar-refractivity contribution in [3.8, 4) is 0 Å². The lowest BCUT2D eigenvalue weighted by Crippen LogP contribution is -2.47. The van der Waals surface area contributed by atoms with Crippen molar-refractivity contribution in [2.75, 3.05) is 23.3 Å². The largest absolute Gasteiger partial charge is 0.419 e. The standard InChI is InChI=1S/C27H25N5O4/c1-16-11-17(12-21-24(16)31(2)26(35)36-21)25(34)20-13-22(29-15-28-20)32-9-7-27(8-10-32)14-23(33)30-19-6-4-3-5-18(19)27/h3-6,11-13,15H,7-10,14H2,1-2H3,(H,30,33). The summed E-state index contributed by atoms with van der Waals surface area (Å²) in [6.07, 6.45) is 3.51. The lowest BCUT2D eigenvalue weighted by Gasteiger charge is -2.45. The van der Waals surface area contributed by atoms with Crippen LogP contribution in [0.25, 0.3) is 11.1 Å². The van der Waals surface area contributed by atoms with Crippen LogP contribution in [0.4, 0.5) is 11.5 Å². The average molecular weight is 484 g/mol. The molecule has 0 unspecified atom stereocenters. The van der Waals surface area contributed by atoms with Gasteiger partial charge in [-0.2, -0.15) is 0 Å². The molecule has 36 heavy (non-hydrogen) atoms. The minimum absolute atomic E-state index is 0.0542. The first-order valence-corrected chi connectivity index (χ1v) is 12.0. The van der Waals surface area contributed by atoms with Crippen LogP contribution in [0.3, 0.4) is 0 Å². The molecule has 6 rings (SSSR count). The number of aryl methyl sites for hydroxylation is 2. The van der Waals surface area contributed by atoms with Gasteiger partial charge < -0.3 is 14.6 Å². The Labute approximate surface area is 206 Å². The molecule has 0 saturated carbocycles. The fourth-order valence-electron chi connectivity index (χ4n) is 5.69. The fraction of sp³-hybridized carbons (Fsp3) is 0.296. The first kappa shape index (κ1) is 22.2. The summed E-state index contributed by atoms with van der Waals surface area (Å²) in [7, 11) is 1.64. The summed E-state index contributed by atoms with van der Waals surface area (Å²) >= 11 is 0. The Morgan fingerprint density at radius 2 is 1.86 bits per heavy atom. The monoisotopic (exact) mass is 483 g/mol. The highest BCUT2D eigenvalue weighted by molar-refractivity contribution is 6.09. The number of hydrogen-bond acceptors (Lipinski definition) is 7. The quantitative estimate of drug-likeness (QED) is 0.445. The van der Waals surface area contributed by atoms with Crippen LogP contribution < -0.4 is 16.0 Å². The molecule has 182 valence electrons. The van der Waals surface area contributed by atoms with Crippen LogP contribution in [0, 0.1) is 6.92 Å². The van der Waals surface area contributed by atoms with Gasteiger partial charge in [-0.05, 0) is 49.1 Å². The molecule has 9 nitrogen and oxygen atoms in total. The van der Waals surface area contributed by atoms with E-state index >= 15 is 0 Å². The Bertz CT molecular complexity index is 1590. The van der Waals surface area contributed by atoms with E-state index in [0.29, 0.717) is 42.0 Å². The van der Waals surface area contributed by atoms with E-state index in [1.165, 1.54) is 16.5 Å². The van der Waals surface area contributed by atoms with Crippen molar-refractivity contribution in [2.24, 2.45) is 7.05 Å². The van der Waals surface area contributed by atoms with E-state index in [-0.39, 0.29) is 22.8 Å². The van der Waals surface area contributed by atoms with E-state index in [2.05, 4.69) is 26.3 Å². The van der Waals surface area contributed by atoms with Gasteiger partial charge in [0.25, 0.3) is 0 Å². The first-order valence-electron chi connectivity index (χ1n) is 12.0. The summed E-state index contributed by atoms with van der Waals surface area (Å²) in [5, 5.41) is 2.99. The van der Waals surface area contributed by atoms with Gasteiger partial charge >= 0.3 is 5.76 Å². The number of carbonyl (C=O) groups is 2. The molecular formula is C27H25N5O4. The van der Waals surface area contributed by atoms with Crippen molar-refractivity contribution in [1.29, 1.82) is 0 Å². The minimum Gasteiger partial charge on any atom is -0.408 e. The predicted molar refractivity (Wildman–Crippen MR) is 134 cm³/mol. The zero-order valence-corrected chi connectivity index (χ0v) is 20.1. The molecular weight excluding hydrogens is 458 g/mol. The number of para-hydroxylation sites is 1. The van der Waals surface area contributed by atoms with E-state index in [4.69, 9.17) is 4.42 Å². The van der Waals surface area contributed by atoms with Crippen molar-refractivity contribution in [3.05, 3.63) is 81.7 Å². The molecule has 2 aromatic carbocycles. The minimum atomic E-state index is -0.469. The van der Waals surface area contributed by atoms with Crippen molar-refractivity contribution >= 4 is 34.3 Å². The van der Waals surface area contributed by atoms with Crippen LogP contribution in [0.2, 0.25) is 0 Å².